The van der Waals surface area contributed by atoms with E-state index < -0.39 is 21.4 Å². The first kappa shape index (κ1) is 69.2. The molecule has 3 amide bonds. The first-order valence-electron chi connectivity index (χ1n) is 26.4. The lowest BCUT2D eigenvalue weighted by Crippen LogP contribution is -2.40. The predicted molar refractivity (Wildman–Crippen MR) is 332 cm³/mol. The van der Waals surface area contributed by atoms with E-state index >= 15 is 0 Å². The summed E-state index contributed by atoms with van der Waals surface area (Å²) in [6.07, 6.45) is -0.596. The number of thiophene rings is 3. The van der Waals surface area contributed by atoms with Crippen LogP contribution in [0.2, 0.25) is 0 Å². The Balaban J connectivity index is 0.000000276. The first-order valence-corrected chi connectivity index (χ1v) is 29.6. The molecule has 0 radical (unpaired) electrons. The fourth-order valence-corrected chi connectivity index (χ4v) is 10.1. The van der Waals surface area contributed by atoms with Crippen molar-refractivity contribution in [3.05, 3.63) is 207 Å². The largest absolute Gasteiger partial charge is 0.414 e. The van der Waals surface area contributed by atoms with Gasteiger partial charge in [-0.1, -0.05) is 76.2 Å². The fourth-order valence-electron chi connectivity index (χ4n) is 7.93. The molecule has 82 heavy (non-hydrogen) atoms. The van der Waals surface area contributed by atoms with Crippen molar-refractivity contribution in [3.63, 3.8) is 0 Å². The Morgan fingerprint density at radius 3 is 1.29 bits per heavy atom. The molecule has 4 aromatic carbocycles. The summed E-state index contributed by atoms with van der Waals surface area (Å²) in [5, 5.41) is 42.3. The number of nitro benzene ring substituents is 2. The number of rotatable bonds is 15. The highest BCUT2D eigenvalue weighted by Gasteiger charge is 2.24. The molecule has 9 rings (SSSR count). The van der Waals surface area contributed by atoms with Crippen LogP contribution in [0.4, 0.5) is 25.8 Å². The van der Waals surface area contributed by atoms with E-state index in [2.05, 4.69) is 115 Å². The number of carbonyl (C=O) groups is 3. The van der Waals surface area contributed by atoms with Crippen LogP contribution < -0.4 is 31.2 Å². The standard InChI is InChI=1S/C17H21N3OS.C15H17N3O4S.C8H14N2S.C8H9N.C7H4ClNO4.2C2H6/c1-19(2)16(15-7-8-22-12-15)9-18-17(21)20-10-13-5-3-4-6-14(13)11-20;1-17(2)14(11-7-8-23-10-11)9-16-15(19)22-13-5-3-12(4-6-13)18(20)21;1-10(2)8(5-9)7-3-4-11-6-7;1-2-4-8-6-9-5-7(8)3-1;8-7(10)13-6-3-1-5(2-4-6)9(11)12;2*1-2/h3-8,12,16H,9-11H2,1-2H3,(H,18,21);3-8,10,14H,9H2,1-2H3,(H,16,19);3-4,6,8H,5,9H2,1-2H3;1-4,9H,5-6H2;1-4H;2*1-2H3. The van der Waals surface area contributed by atoms with Crippen LogP contribution in [0.25, 0.3) is 0 Å². The van der Waals surface area contributed by atoms with Gasteiger partial charge in [0.05, 0.1) is 21.9 Å². The molecule has 3 aromatic heterocycles. The minimum absolute atomic E-state index is 0.0123. The quantitative estimate of drug-likeness (QED) is 0.0425. The number of nitrogens with two attached hydrogens (primary N) is 1. The Hall–Kier alpha value is -7.12. The number of urea groups is 1. The Morgan fingerprint density at radius 1 is 0.585 bits per heavy atom. The molecule has 0 saturated heterocycles. The van der Waals surface area contributed by atoms with E-state index in [1.165, 1.54) is 81.9 Å². The molecule has 3 atom stereocenters. The van der Waals surface area contributed by atoms with Gasteiger partial charge in [0.1, 0.15) is 11.5 Å². The number of amides is 3. The molecule has 5 heterocycles. The minimum atomic E-state index is -0.978. The maximum atomic E-state index is 12.4. The lowest BCUT2D eigenvalue weighted by atomic mass is 10.1. The van der Waals surface area contributed by atoms with Crippen LogP contribution in [0.1, 0.15) is 84.8 Å². The van der Waals surface area contributed by atoms with Gasteiger partial charge in [0.2, 0.25) is 0 Å². The fraction of sp³-hybridized carbons (Fsp3) is 0.339. The molecular weight excluding hydrogens is 1120 g/mol. The van der Waals surface area contributed by atoms with Crippen molar-refractivity contribution in [2.24, 2.45) is 5.73 Å². The number of hydrogen-bond acceptors (Lipinski definition) is 17. The summed E-state index contributed by atoms with van der Waals surface area (Å²) in [4.78, 5) is 62.4. The number of likely N-dealkylation sites (N-methyl/N-ethyl adjacent to an activating group) is 3. The molecule has 19 nitrogen and oxygen atoms in total. The van der Waals surface area contributed by atoms with Crippen LogP contribution in [0.15, 0.2) is 148 Å². The second-order valence-electron chi connectivity index (χ2n) is 18.1. The number of nitrogens with zero attached hydrogens (tertiary/aromatic N) is 6. The summed E-state index contributed by atoms with van der Waals surface area (Å²) in [5.74, 6) is 0.427. The van der Waals surface area contributed by atoms with Gasteiger partial charge in [-0.25, -0.2) is 14.4 Å². The summed E-state index contributed by atoms with van der Waals surface area (Å²) < 4.78 is 9.56. The SMILES string of the molecule is CC.CC.CN(C)C(CN)c1ccsc1.CN(C)C(CNC(=O)N1Cc2ccccc2C1)c1ccsc1.CN(C)C(CNC(=O)Oc1ccc([N+](=O)[O-])cc1)c1ccsc1.O=C(Cl)Oc1ccc([N+](=O)[O-])cc1.c1ccc2c(c1)CNC2. The van der Waals surface area contributed by atoms with Gasteiger partial charge in [0, 0.05) is 87.7 Å². The third-order valence-electron chi connectivity index (χ3n) is 12.1. The highest BCUT2D eigenvalue weighted by atomic mass is 35.5. The number of hydrogen-bond donors (Lipinski definition) is 4. The average molecular weight is 1200 g/mol. The van der Waals surface area contributed by atoms with Gasteiger partial charge in [-0.15, -0.1) is 0 Å². The van der Waals surface area contributed by atoms with Crippen LogP contribution in [0.3, 0.4) is 0 Å². The number of carbonyl (C=O) groups excluding carboxylic acids is 3. The lowest BCUT2D eigenvalue weighted by Gasteiger charge is -2.25. The van der Waals surface area contributed by atoms with Crippen molar-refractivity contribution in [3.8, 4) is 11.5 Å². The second kappa shape index (κ2) is 37.8. The molecule has 3 unspecified atom stereocenters. The van der Waals surface area contributed by atoms with Crippen molar-refractivity contribution < 1.29 is 33.7 Å². The van der Waals surface area contributed by atoms with Crippen LogP contribution >= 0.6 is 45.6 Å². The molecule has 7 aromatic rings. The Labute approximate surface area is 498 Å². The Morgan fingerprint density at radius 2 is 0.951 bits per heavy atom. The van der Waals surface area contributed by atoms with Crippen LogP contribution in [-0.4, -0.2) is 109 Å². The van der Waals surface area contributed by atoms with Crippen LogP contribution in [0, 0.1) is 20.2 Å². The average Bonchev–Trinajstić information content (AvgIpc) is 4.37. The van der Waals surface area contributed by atoms with Crippen molar-refractivity contribution >= 4 is 74.5 Å². The van der Waals surface area contributed by atoms with Gasteiger partial charge in [0.15, 0.2) is 0 Å². The molecule has 0 fully saturated rings. The van der Waals surface area contributed by atoms with E-state index in [-0.39, 0.29) is 41.0 Å². The van der Waals surface area contributed by atoms with E-state index in [0.717, 1.165) is 18.7 Å². The molecule has 0 bridgehead atoms. The van der Waals surface area contributed by atoms with Crippen molar-refractivity contribution in [1.82, 2.24) is 35.6 Å². The Bertz CT molecular complexity index is 2890. The third kappa shape index (κ3) is 23.8. The molecule has 442 valence electrons. The number of ether oxygens (including phenoxy) is 2. The minimum Gasteiger partial charge on any atom is -0.414 e. The maximum absolute atomic E-state index is 12.4. The summed E-state index contributed by atoms with van der Waals surface area (Å²) >= 11 is 9.92. The normalized spacial score (nSPS) is 12.5. The van der Waals surface area contributed by atoms with Gasteiger partial charge in [-0.3, -0.25) is 20.2 Å². The summed E-state index contributed by atoms with van der Waals surface area (Å²) in [6, 6.07) is 34.0. The summed E-state index contributed by atoms with van der Waals surface area (Å²) in [7, 11) is 12.1. The molecule has 0 spiro atoms. The maximum Gasteiger partial charge on any atom is 0.412 e. The first-order chi connectivity index (χ1) is 39.4. The second-order valence-corrected chi connectivity index (χ2v) is 20.8. The van der Waals surface area contributed by atoms with Gasteiger partial charge < -0.3 is 50.8 Å². The van der Waals surface area contributed by atoms with E-state index in [0.29, 0.717) is 38.8 Å². The highest BCUT2D eigenvalue weighted by Crippen LogP contribution is 2.25. The summed E-state index contributed by atoms with van der Waals surface area (Å²) in [5.41, 5.74) is 13.6. The molecular formula is C59H77ClN10O9S3. The van der Waals surface area contributed by atoms with Crippen LogP contribution in [0.5, 0.6) is 11.5 Å². The molecule has 2 aliphatic heterocycles. The Kier molecular flexibility index (Phi) is 31.9. The molecule has 0 aliphatic carbocycles. The molecule has 2 aliphatic rings. The summed E-state index contributed by atoms with van der Waals surface area (Å²) in [6.45, 7) is 13.2. The molecule has 0 saturated carbocycles. The van der Waals surface area contributed by atoms with Gasteiger partial charge in [-0.2, -0.15) is 34.0 Å². The van der Waals surface area contributed by atoms with Crippen molar-refractivity contribution in [2.75, 3.05) is 61.9 Å². The van der Waals surface area contributed by atoms with Crippen molar-refractivity contribution in [2.45, 2.75) is 72.0 Å². The predicted octanol–water partition coefficient (Wildman–Crippen LogP) is 13.1. The monoisotopic (exact) mass is 1200 g/mol. The number of nitro groups is 2. The lowest BCUT2D eigenvalue weighted by molar-refractivity contribution is -0.385. The zero-order valence-corrected chi connectivity index (χ0v) is 51.4. The number of halogens is 1. The zero-order valence-electron chi connectivity index (χ0n) is 48.2. The van der Waals surface area contributed by atoms with E-state index in [1.807, 2.05) is 94.6 Å². The van der Waals surface area contributed by atoms with Crippen molar-refractivity contribution in [1.29, 1.82) is 0 Å². The van der Waals surface area contributed by atoms with Gasteiger partial charge in [0.25, 0.3) is 11.4 Å². The number of non-ortho nitro benzene ring substituents is 2. The smallest absolute Gasteiger partial charge is 0.412 e. The van der Waals surface area contributed by atoms with E-state index in [4.69, 9.17) is 22.1 Å². The zero-order chi connectivity index (χ0) is 60.6. The molecule has 23 heteroatoms. The number of fused-ring (bicyclic) bond motifs is 2. The number of nitrogens with one attached hydrogen (secondary N) is 3. The molecule has 5 N–H and O–H groups in total. The van der Waals surface area contributed by atoms with E-state index in [9.17, 15) is 34.6 Å². The third-order valence-corrected chi connectivity index (χ3v) is 14.3. The van der Waals surface area contributed by atoms with Crippen LogP contribution in [-0.2, 0) is 26.2 Å². The van der Waals surface area contributed by atoms with Gasteiger partial charge in [-0.05, 0) is 156 Å². The highest BCUT2D eigenvalue weighted by molar-refractivity contribution is 7.08. The van der Waals surface area contributed by atoms with Gasteiger partial charge >= 0.3 is 17.6 Å². The van der Waals surface area contributed by atoms with E-state index in [1.54, 1.807) is 34.0 Å². The topological polar surface area (TPSA) is 231 Å². The number of benzene rings is 4.